The zero-order valence-corrected chi connectivity index (χ0v) is 22.6. The summed E-state index contributed by atoms with van der Waals surface area (Å²) in [6.45, 7) is 6.15. The Labute approximate surface area is 216 Å². The molecule has 0 aliphatic carbocycles. The van der Waals surface area contributed by atoms with Crippen LogP contribution in [-0.2, 0) is 6.42 Å². The van der Waals surface area contributed by atoms with E-state index in [9.17, 15) is 9.90 Å². The van der Waals surface area contributed by atoms with Gasteiger partial charge in [0.1, 0.15) is 0 Å². The zero-order chi connectivity index (χ0) is 26.2. The Morgan fingerprint density at radius 3 is 2.19 bits per heavy atom. The van der Waals surface area contributed by atoms with E-state index in [0.717, 1.165) is 21.7 Å². The van der Waals surface area contributed by atoms with Crippen molar-refractivity contribution < 1.29 is 24.1 Å². The second kappa shape index (κ2) is 12.6. The van der Waals surface area contributed by atoms with Crippen molar-refractivity contribution in [1.29, 1.82) is 0 Å². The normalized spacial score (nSPS) is 11.7. The number of H-pyrrole nitrogens is 1. The lowest BCUT2D eigenvalue weighted by Gasteiger charge is -2.17. The smallest absolute Gasteiger partial charge is 0.203 e. The maximum Gasteiger partial charge on any atom is 0.203 e. The number of carbonyl (C=O) groups excluding carboxylic acids is 1. The second-order valence-electron chi connectivity index (χ2n) is 8.88. The van der Waals surface area contributed by atoms with Gasteiger partial charge in [0.15, 0.2) is 17.3 Å². The van der Waals surface area contributed by atoms with Gasteiger partial charge < -0.3 is 24.3 Å². The highest BCUT2D eigenvalue weighted by molar-refractivity contribution is 7.17. The Kier molecular flexibility index (Phi) is 9.56. The van der Waals surface area contributed by atoms with Gasteiger partial charge in [-0.2, -0.15) is 0 Å². The first kappa shape index (κ1) is 27.3. The van der Waals surface area contributed by atoms with Gasteiger partial charge in [0, 0.05) is 28.6 Å². The number of aromatic nitrogens is 1. The lowest BCUT2D eigenvalue weighted by molar-refractivity contribution is 0.102. The van der Waals surface area contributed by atoms with E-state index in [1.165, 1.54) is 27.8 Å². The standard InChI is InChI=1S/C15H16O4S.C14H19NO/c1-9(16)13-5-6-14(20-13)10-7-11(17-2)15(19-4)12(8-10)18-3;1-10(2)12(9-16)7-11-8-15-14-6-4-3-5-13(11)14/h5-8H,1-4H3;3-6,8,10,12,15-16H,7,9H2,1-2H3. The molecule has 0 spiro atoms. The number of aliphatic hydroxyl groups is 1. The van der Waals surface area contributed by atoms with Gasteiger partial charge in [0.25, 0.3) is 0 Å². The van der Waals surface area contributed by atoms with Crippen LogP contribution >= 0.6 is 11.3 Å². The zero-order valence-electron chi connectivity index (χ0n) is 21.8. The SMILES string of the molecule is CC(C)C(CO)Cc1c[nH]c2ccccc12.COc1cc(-c2ccc(C(C)=O)s2)cc(OC)c1OC. The molecule has 2 heterocycles. The minimum Gasteiger partial charge on any atom is -0.493 e. The van der Waals surface area contributed by atoms with Crippen LogP contribution < -0.4 is 14.2 Å². The molecule has 2 aromatic carbocycles. The van der Waals surface area contributed by atoms with Crippen LogP contribution in [0.5, 0.6) is 17.2 Å². The number of thiophene rings is 1. The molecule has 0 fully saturated rings. The first-order valence-electron chi connectivity index (χ1n) is 11.9. The van der Waals surface area contributed by atoms with Crippen LogP contribution in [0.1, 0.15) is 36.0 Å². The fourth-order valence-corrected chi connectivity index (χ4v) is 4.89. The molecule has 0 saturated heterocycles. The van der Waals surface area contributed by atoms with Gasteiger partial charge in [-0.15, -0.1) is 11.3 Å². The molecule has 4 aromatic rings. The maximum atomic E-state index is 11.4. The number of Topliss-reactive ketones (excluding diaryl/α,β-unsaturated/α-hetero) is 1. The van der Waals surface area contributed by atoms with Crippen molar-refractivity contribution in [2.75, 3.05) is 27.9 Å². The van der Waals surface area contributed by atoms with Gasteiger partial charge >= 0.3 is 0 Å². The van der Waals surface area contributed by atoms with Crippen LogP contribution in [0.3, 0.4) is 0 Å². The number of benzene rings is 2. The van der Waals surface area contributed by atoms with E-state index in [2.05, 4.69) is 43.2 Å². The van der Waals surface area contributed by atoms with Crippen LogP contribution in [0.4, 0.5) is 0 Å². The number of fused-ring (bicyclic) bond motifs is 1. The fraction of sp³-hybridized carbons (Fsp3) is 0.345. The molecule has 192 valence electrons. The highest BCUT2D eigenvalue weighted by Gasteiger charge is 2.16. The van der Waals surface area contributed by atoms with Crippen molar-refractivity contribution >= 4 is 28.0 Å². The molecule has 2 aromatic heterocycles. The molecule has 7 heteroatoms. The highest BCUT2D eigenvalue weighted by Crippen LogP contribution is 2.42. The van der Waals surface area contributed by atoms with E-state index in [1.807, 2.05) is 30.3 Å². The Morgan fingerprint density at radius 2 is 1.67 bits per heavy atom. The molecule has 4 rings (SSSR count). The lowest BCUT2D eigenvalue weighted by atomic mass is 9.90. The molecule has 0 saturated carbocycles. The van der Waals surface area contributed by atoms with Crippen molar-refractivity contribution in [1.82, 2.24) is 4.98 Å². The molecule has 36 heavy (non-hydrogen) atoms. The summed E-state index contributed by atoms with van der Waals surface area (Å²) in [6.07, 6.45) is 3.01. The highest BCUT2D eigenvalue weighted by atomic mass is 32.1. The number of ether oxygens (including phenoxy) is 3. The van der Waals surface area contributed by atoms with Gasteiger partial charge in [-0.25, -0.2) is 0 Å². The van der Waals surface area contributed by atoms with Gasteiger partial charge in [-0.05, 0) is 66.6 Å². The number of methoxy groups -OCH3 is 3. The molecule has 0 amide bonds. The van der Waals surface area contributed by atoms with E-state index < -0.39 is 0 Å². The Morgan fingerprint density at radius 1 is 1.00 bits per heavy atom. The van der Waals surface area contributed by atoms with Crippen molar-refractivity contribution in [3.05, 3.63) is 65.2 Å². The predicted molar refractivity (Wildman–Crippen MR) is 147 cm³/mol. The minimum atomic E-state index is 0.0636. The summed E-state index contributed by atoms with van der Waals surface area (Å²) in [5, 5.41) is 10.6. The molecular weight excluding hydrogens is 474 g/mol. The molecule has 1 atom stereocenters. The third-order valence-corrected chi connectivity index (χ3v) is 7.47. The summed E-state index contributed by atoms with van der Waals surface area (Å²) in [7, 11) is 4.73. The van der Waals surface area contributed by atoms with Gasteiger partial charge in [-0.1, -0.05) is 32.0 Å². The van der Waals surface area contributed by atoms with Gasteiger partial charge in [0.05, 0.1) is 26.2 Å². The molecule has 2 N–H and O–H groups in total. The van der Waals surface area contributed by atoms with Crippen LogP contribution in [-0.4, -0.2) is 43.8 Å². The fourth-order valence-electron chi connectivity index (χ4n) is 4.00. The summed E-state index contributed by atoms with van der Waals surface area (Å²) >= 11 is 1.44. The minimum absolute atomic E-state index is 0.0636. The van der Waals surface area contributed by atoms with Crippen molar-refractivity contribution in [3.8, 4) is 27.7 Å². The van der Waals surface area contributed by atoms with Crippen molar-refractivity contribution in [3.63, 3.8) is 0 Å². The maximum absolute atomic E-state index is 11.4. The van der Waals surface area contributed by atoms with E-state index >= 15 is 0 Å². The largest absolute Gasteiger partial charge is 0.493 e. The predicted octanol–water partition coefficient (Wildman–Crippen LogP) is 6.62. The quantitative estimate of drug-likeness (QED) is 0.248. The molecule has 1 unspecified atom stereocenters. The number of rotatable bonds is 9. The van der Waals surface area contributed by atoms with E-state index in [0.29, 0.717) is 29.1 Å². The third kappa shape index (κ3) is 6.28. The summed E-state index contributed by atoms with van der Waals surface area (Å²) < 4.78 is 15.9. The molecule has 0 radical (unpaired) electrons. The van der Waals surface area contributed by atoms with Crippen LogP contribution in [0, 0.1) is 11.8 Å². The van der Waals surface area contributed by atoms with E-state index in [-0.39, 0.29) is 12.4 Å². The Hall–Kier alpha value is -3.29. The summed E-state index contributed by atoms with van der Waals surface area (Å²) in [4.78, 5) is 16.4. The average molecular weight is 510 g/mol. The Balaban J connectivity index is 0.000000205. The molecule has 0 aliphatic rings. The summed E-state index contributed by atoms with van der Waals surface area (Å²) in [6, 6.07) is 15.8. The average Bonchev–Trinajstić information content (AvgIpc) is 3.54. The van der Waals surface area contributed by atoms with Crippen molar-refractivity contribution in [2.45, 2.75) is 27.2 Å². The lowest BCUT2D eigenvalue weighted by Crippen LogP contribution is -2.16. The van der Waals surface area contributed by atoms with E-state index in [4.69, 9.17) is 14.2 Å². The van der Waals surface area contributed by atoms with Crippen LogP contribution in [0.25, 0.3) is 21.3 Å². The van der Waals surface area contributed by atoms with Gasteiger partial charge in [0.2, 0.25) is 5.75 Å². The molecular formula is C29H35NO5S. The number of aliphatic hydroxyl groups excluding tert-OH is 1. The Bertz CT molecular complexity index is 1260. The second-order valence-corrected chi connectivity index (χ2v) is 9.97. The number of hydrogen-bond donors (Lipinski definition) is 2. The first-order valence-corrected chi connectivity index (χ1v) is 12.7. The van der Waals surface area contributed by atoms with E-state index in [1.54, 1.807) is 28.3 Å². The molecule has 0 aliphatic heterocycles. The monoisotopic (exact) mass is 509 g/mol. The van der Waals surface area contributed by atoms with Crippen molar-refractivity contribution in [2.24, 2.45) is 11.8 Å². The molecule has 6 nitrogen and oxygen atoms in total. The number of nitrogens with one attached hydrogen (secondary N) is 1. The van der Waals surface area contributed by atoms with Crippen LogP contribution in [0.15, 0.2) is 54.7 Å². The number of para-hydroxylation sites is 1. The first-order chi connectivity index (χ1) is 17.3. The number of ketones is 1. The number of carbonyl (C=O) groups is 1. The number of aromatic amines is 1. The topological polar surface area (TPSA) is 80.8 Å². The van der Waals surface area contributed by atoms with Gasteiger partial charge in [-0.3, -0.25) is 4.79 Å². The summed E-state index contributed by atoms with van der Waals surface area (Å²) in [5.74, 6) is 2.67. The molecule has 0 bridgehead atoms. The summed E-state index contributed by atoms with van der Waals surface area (Å²) in [5.41, 5.74) is 3.42. The number of hydrogen-bond acceptors (Lipinski definition) is 6. The third-order valence-electron chi connectivity index (χ3n) is 6.24. The van der Waals surface area contributed by atoms with Crippen LogP contribution in [0.2, 0.25) is 0 Å².